The summed E-state index contributed by atoms with van der Waals surface area (Å²) in [4.78, 5) is 3.07. The minimum Gasteiger partial charge on any atom is -0.504 e. The monoisotopic (exact) mass is 284 g/mol. The summed E-state index contributed by atoms with van der Waals surface area (Å²) in [5, 5.41) is 19.1. The Morgan fingerprint density at radius 1 is 1.43 bits per heavy atom. The lowest BCUT2D eigenvalue weighted by atomic mass is 9.94. The number of aromatic nitrogens is 1. The topological polar surface area (TPSA) is 93.4 Å². The van der Waals surface area contributed by atoms with Crippen molar-refractivity contribution in [3.63, 3.8) is 0 Å². The van der Waals surface area contributed by atoms with Crippen LogP contribution in [0.4, 0.5) is 5.82 Å². The number of methoxy groups -OCH3 is 1. The third kappa shape index (κ3) is 2.48. The van der Waals surface area contributed by atoms with Gasteiger partial charge in [0.05, 0.1) is 7.11 Å². The van der Waals surface area contributed by atoms with Gasteiger partial charge in [-0.2, -0.15) is 5.26 Å². The van der Waals surface area contributed by atoms with Gasteiger partial charge in [-0.15, -0.1) is 0 Å². The van der Waals surface area contributed by atoms with Crippen LogP contribution < -0.4 is 15.5 Å². The van der Waals surface area contributed by atoms with Gasteiger partial charge >= 0.3 is 0 Å². The molecule has 2 rings (SSSR count). The third-order valence-electron chi connectivity index (χ3n) is 3.57. The molecule has 0 radical (unpaired) electrons. The van der Waals surface area contributed by atoms with Gasteiger partial charge in [0.15, 0.2) is 11.5 Å². The van der Waals surface area contributed by atoms with Crippen molar-refractivity contribution in [2.24, 2.45) is 0 Å². The molecule has 0 amide bonds. The molecule has 1 heterocycles. The lowest BCUT2D eigenvalue weighted by molar-refractivity contribution is -0.373. The van der Waals surface area contributed by atoms with Crippen molar-refractivity contribution in [3.05, 3.63) is 35.0 Å². The summed E-state index contributed by atoms with van der Waals surface area (Å²) in [5.74, 6) is 0.769. The van der Waals surface area contributed by atoms with E-state index in [2.05, 4.69) is 11.1 Å². The zero-order valence-corrected chi connectivity index (χ0v) is 12.3. The number of hydrogen-bond donors (Lipinski definition) is 2. The molecule has 1 aromatic carbocycles. The average Bonchev–Trinajstić information content (AvgIpc) is 2.49. The van der Waals surface area contributed by atoms with Gasteiger partial charge in [0, 0.05) is 17.5 Å². The van der Waals surface area contributed by atoms with Crippen molar-refractivity contribution >= 4 is 5.82 Å². The van der Waals surface area contributed by atoms with Crippen LogP contribution in [0.15, 0.2) is 18.2 Å². The molecule has 0 atom stereocenters. The van der Waals surface area contributed by atoms with Crippen LogP contribution in [0.5, 0.6) is 11.5 Å². The van der Waals surface area contributed by atoms with Crippen LogP contribution in [-0.4, -0.2) is 12.2 Å². The number of hydrogen-bond acceptors (Lipinski definition) is 4. The number of nitrogens with zero attached hydrogens (tertiary/aromatic N) is 1. The Hall–Kier alpha value is -2.74. The lowest BCUT2D eigenvalue weighted by Gasteiger charge is -2.12. The highest BCUT2D eigenvalue weighted by molar-refractivity contribution is 5.78. The van der Waals surface area contributed by atoms with Crippen LogP contribution in [0.1, 0.15) is 23.7 Å². The smallest absolute Gasteiger partial charge is 0.289 e. The third-order valence-corrected chi connectivity index (χ3v) is 3.57. The summed E-state index contributed by atoms with van der Waals surface area (Å²) in [5.41, 5.74) is 9.86. The number of phenols is 1. The molecular weight excluding hydrogens is 266 g/mol. The van der Waals surface area contributed by atoms with E-state index in [4.69, 9.17) is 10.5 Å². The SMILES string of the molecule is CCc1[nH+]c(N)c(C#N)c(-c2ccc(O)c(OC)c2)c1C. The number of anilines is 1. The van der Waals surface area contributed by atoms with E-state index in [0.717, 1.165) is 28.8 Å². The molecule has 0 unspecified atom stereocenters. The molecule has 108 valence electrons. The molecule has 0 spiro atoms. The number of H-pyrrole nitrogens is 1. The molecule has 1 aromatic heterocycles. The Morgan fingerprint density at radius 3 is 2.71 bits per heavy atom. The Bertz CT molecular complexity index is 733. The van der Waals surface area contributed by atoms with Gasteiger partial charge in [0.1, 0.15) is 17.3 Å². The van der Waals surface area contributed by atoms with Crippen molar-refractivity contribution in [1.82, 2.24) is 0 Å². The van der Waals surface area contributed by atoms with E-state index in [1.54, 1.807) is 18.2 Å². The second-order valence-corrected chi connectivity index (χ2v) is 4.74. The number of pyridine rings is 1. The highest BCUT2D eigenvalue weighted by Crippen LogP contribution is 2.35. The summed E-state index contributed by atoms with van der Waals surface area (Å²) in [6, 6.07) is 7.15. The maximum atomic E-state index is 9.71. The van der Waals surface area contributed by atoms with Crippen LogP contribution in [0, 0.1) is 18.3 Å². The first-order valence-electron chi connectivity index (χ1n) is 6.65. The fraction of sp³-hybridized carbons (Fsp3) is 0.250. The van der Waals surface area contributed by atoms with E-state index in [1.807, 2.05) is 13.8 Å². The number of aromatic amines is 1. The second-order valence-electron chi connectivity index (χ2n) is 4.74. The van der Waals surface area contributed by atoms with E-state index in [-0.39, 0.29) is 5.75 Å². The largest absolute Gasteiger partial charge is 0.504 e. The molecule has 5 heteroatoms. The molecule has 0 fully saturated rings. The first kappa shape index (κ1) is 14.7. The summed E-state index contributed by atoms with van der Waals surface area (Å²) in [6.07, 6.45) is 0.782. The summed E-state index contributed by atoms with van der Waals surface area (Å²) in [6.45, 7) is 3.97. The predicted molar refractivity (Wildman–Crippen MR) is 79.9 cm³/mol. The molecule has 0 bridgehead atoms. The highest BCUT2D eigenvalue weighted by atomic mass is 16.5. The lowest BCUT2D eigenvalue weighted by Crippen LogP contribution is -2.20. The molecule has 0 aliphatic heterocycles. The van der Waals surface area contributed by atoms with E-state index in [9.17, 15) is 10.4 Å². The maximum absolute atomic E-state index is 9.71. The zero-order valence-electron chi connectivity index (χ0n) is 12.3. The summed E-state index contributed by atoms with van der Waals surface area (Å²) < 4.78 is 5.14. The Kier molecular flexibility index (Phi) is 3.99. The number of ether oxygens (including phenoxy) is 1. The molecule has 0 aliphatic carbocycles. The van der Waals surface area contributed by atoms with E-state index in [0.29, 0.717) is 17.1 Å². The van der Waals surface area contributed by atoms with Gasteiger partial charge < -0.3 is 9.84 Å². The number of benzene rings is 1. The number of nitrogens with two attached hydrogens (primary N) is 1. The van der Waals surface area contributed by atoms with E-state index < -0.39 is 0 Å². The molecule has 0 saturated carbocycles. The molecule has 0 aliphatic rings. The van der Waals surface area contributed by atoms with Gasteiger partial charge in [0.25, 0.3) is 5.82 Å². The normalized spacial score (nSPS) is 10.2. The van der Waals surface area contributed by atoms with E-state index >= 15 is 0 Å². The average molecular weight is 284 g/mol. The first-order chi connectivity index (χ1) is 10.0. The molecule has 21 heavy (non-hydrogen) atoms. The van der Waals surface area contributed by atoms with Crippen molar-refractivity contribution in [2.75, 3.05) is 12.8 Å². The van der Waals surface area contributed by atoms with Crippen molar-refractivity contribution in [3.8, 4) is 28.7 Å². The Balaban J connectivity index is 2.79. The number of nitriles is 1. The zero-order chi connectivity index (χ0) is 15.6. The molecule has 4 N–H and O–H groups in total. The summed E-state index contributed by atoms with van der Waals surface area (Å²) >= 11 is 0. The standard InChI is InChI=1S/C16H17N3O2/c1-4-12-9(2)15(11(8-17)16(18)19-12)10-5-6-13(20)14(7-10)21-3/h5-7,20H,4H2,1-3H3,(H2,18,19)/p+1. The Morgan fingerprint density at radius 2 is 2.14 bits per heavy atom. The van der Waals surface area contributed by atoms with Gasteiger partial charge in [-0.3, -0.25) is 5.73 Å². The quantitative estimate of drug-likeness (QED) is 0.903. The molecular formula is C16H18N3O2+. The number of nitrogen functional groups attached to an aromatic ring is 1. The Labute approximate surface area is 123 Å². The minimum absolute atomic E-state index is 0.0589. The van der Waals surface area contributed by atoms with E-state index in [1.165, 1.54) is 7.11 Å². The fourth-order valence-electron chi connectivity index (χ4n) is 2.46. The number of aromatic hydroxyl groups is 1. The number of rotatable bonds is 3. The molecule has 2 aromatic rings. The number of aryl methyl sites for hydroxylation is 1. The van der Waals surface area contributed by atoms with Crippen LogP contribution in [0.2, 0.25) is 0 Å². The van der Waals surface area contributed by atoms with Gasteiger partial charge in [0.2, 0.25) is 0 Å². The number of nitrogens with one attached hydrogen (secondary N) is 1. The van der Waals surface area contributed by atoms with Crippen LogP contribution >= 0.6 is 0 Å². The second kappa shape index (κ2) is 5.71. The molecule has 0 saturated heterocycles. The van der Waals surface area contributed by atoms with Crippen molar-refractivity contribution in [2.45, 2.75) is 20.3 Å². The molecule has 5 nitrogen and oxygen atoms in total. The van der Waals surface area contributed by atoms with Gasteiger partial charge in [-0.05, 0) is 24.6 Å². The number of phenolic OH excluding ortho intramolecular Hbond substituents is 1. The minimum atomic E-state index is 0.0589. The first-order valence-corrected chi connectivity index (χ1v) is 6.65. The van der Waals surface area contributed by atoms with Gasteiger partial charge in [-0.1, -0.05) is 13.0 Å². The summed E-state index contributed by atoms with van der Waals surface area (Å²) in [7, 11) is 1.49. The van der Waals surface area contributed by atoms with Gasteiger partial charge in [-0.25, -0.2) is 4.98 Å². The predicted octanol–water partition coefficient (Wildman–Crippen LogP) is 2.21. The van der Waals surface area contributed by atoms with Crippen LogP contribution in [0.25, 0.3) is 11.1 Å². The van der Waals surface area contributed by atoms with Crippen molar-refractivity contribution in [1.29, 1.82) is 5.26 Å². The maximum Gasteiger partial charge on any atom is 0.289 e. The fourth-order valence-corrected chi connectivity index (χ4v) is 2.46. The van der Waals surface area contributed by atoms with Crippen molar-refractivity contribution < 1.29 is 14.8 Å². The van der Waals surface area contributed by atoms with Crippen LogP contribution in [0.3, 0.4) is 0 Å². The van der Waals surface area contributed by atoms with Crippen LogP contribution in [-0.2, 0) is 6.42 Å². The highest BCUT2D eigenvalue weighted by Gasteiger charge is 2.20.